The molecule has 0 heterocycles. The Balaban J connectivity index is 2.46. The summed E-state index contributed by atoms with van der Waals surface area (Å²) < 4.78 is 0. The van der Waals surface area contributed by atoms with E-state index in [2.05, 4.69) is 44.3 Å². The van der Waals surface area contributed by atoms with Crippen LogP contribution >= 0.6 is 0 Å². The highest BCUT2D eigenvalue weighted by atomic mass is 16.1. The molecule has 0 aliphatic rings. The minimum Gasteiger partial charge on any atom is -0.354 e. The van der Waals surface area contributed by atoms with Gasteiger partial charge in [0.15, 0.2) is 0 Å². The molecule has 112 valence electrons. The maximum atomic E-state index is 12.0. The van der Waals surface area contributed by atoms with Gasteiger partial charge in [0.2, 0.25) is 5.91 Å². The molecule has 1 amide bonds. The van der Waals surface area contributed by atoms with Crippen LogP contribution in [-0.2, 0) is 11.2 Å². The third-order valence-electron chi connectivity index (χ3n) is 3.29. The average molecular weight is 276 g/mol. The summed E-state index contributed by atoms with van der Waals surface area (Å²) in [5.74, 6) is 0.0445. The van der Waals surface area contributed by atoms with E-state index in [1.54, 1.807) is 0 Å². The second kappa shape index (κ2) is 6.89. The quantitative estimate of drug-likeness (QED) is 0.869. The Morgan fingerprint density at radius 1 is 1.30 bits per heavy atom. The van der Waals surface area contributed by atoms with Crippen LogP contribution in [0.1, 0.15) is 43.9 Å². The van der Waals surface area contributed by atoms with Crippen molar-refractivity contribution in [1.29, 1.82) is 0 Å². The zero-order valence-corrected chi connectivity index (χ0v) is 13.4. The maximum absolute atomic E-state index is 12.0. The fourth-order valence-corrected chi connectivity index (χ4v) is 2.33. The third kappa shape index (κ3) is 6.20. The van der Waals surface area contributed by atoms with E-state index in [9.17, 15) is 4.79 Å². The molecular formula is C17H28N2O. The first-order valence-corrected chi connectivity index (χ1v) is 7.26. The smallest absolute Gasteiger partial charge is 0.224 e. The number of aryl methyl sites for hydroxylation is 2. The monoisotopic (exact) mass is 276 g/mol. The first-order chi connectivity index (χ1) is 9.17. The fourth-order valence-electron chi connectivity index (χ4n) is 2.33. The molecule has 0 radical (unpaired) electrons. The lowest BCUT2D eigenvalue weighted by Gasteiger charge is -2.23. The molecule has 1 aromatic rings. The van der Waals surface area contributed by atoms with Gasteiger partial charge < -0.3 is 11.1 Å². The van der Waals surface area contributed by atoms with Gasteiger partial charge in [-0.25, -0.2) is 0 Å². The van der Waals surface area contributed by atoms with Crippen LogP contribution in [0.5, 0.6) is 0 Å². The Hall–Kier alpha value is -1.35. The molecule has 3 N–H and O–H groups in total. The van der Waals surface area contributed by atoms with Crippen LogP contribution in [0.25, 0.3) is 0 Å². The first kappa shape index (κ1) is 16.7. The summed E-state index contributed by atoms with van der Waals surface area (Å²) in [5.41, 5.74) is 9.66. The summed E-state index contributed by atoms with van der Waals surface area (Å²) in [5, 5.41) is 2.94. The van der Waals surface area contributed by atoms with Gasteiger partial charge in [0, 0.05) is 12.6 Å². The van der Waals surface area contributed by atoms with Crippen LogP contribution in [0.2, 0.25) is 0 Å². The number of rotatable bonds is 5. The van der Waals surface area contributed by atoms with Crippen LogP contribution in [0.4, 0.5) is 0 Å². The molecule has 1 rings (SSSR count). The molecule has 0 spiro atoms. The van der Waals surface area contributed by atoms with Crippen molar-refractivity contribution in [3.63, 3.8) is 0 Å². The topological polar surface area (TPSA) is 55.1 Å². The molecule has 0 saturated heterocycles. The Morgan fingerprint density at radius 2 is 1.95 bits per heavy atom. The normalized spacial score (nSPS) is 13.1. The lowest BCUT2D eigenvalue weighted by atomic mass is 9.88. The second-order valence-electron chi connectivity index (χ2n) is 6.94. The highest BCUT2D eigenvalue weighted by molar-refractivity contribution is 5.79. The minimum atomic E-state index is 0.0116. The number of carbonyl (C=O) groups is 1. The minimum absolute atomic E-state index is 0.0116. The SMILES string of the molecule is Cc1ccc(C)c(CC(=O)NCC(N)CC(C)(C)C)c1. The van der Waals surface area contributed by atoms with E-state index < -0.39 is 0 Å². The van der Waals surface area contributed by atoms with Gasteiger partial charge in [-0.05, 0) is 36.8 Å². The zero-order valence-electron chi connectivity index (χ0n) is 13.4. The zero-order chi connectivity index (χ0) is 15.3. The highest BCUT2D eigenvalue weighted by Gasteiger charge is 2.16. The Bertz CT molecular complexity index is 461. The lowest BCUT2D eigenvalue weighted by Crippen LogP contribution is -2.40. The van der Waals surface area contributed by atoms with E-state index in [1.165, 1.54) is 5.56 Å². The molecule has 0 aliphatic carbocycles. The summed E-state index contributed by atoms with van der Waals surface area (Å²) in [4.78, 5) is 12.0. The van der Waals surface area contributed by atoms with Crippen molar-refractivity contribution in [2.75, 3.05) is 6.54 Å². The lowest BCUT2D eigenvalue weighted by molar-refractivity contribution is -0.120. The maximum Gasteiger partial charge on any atom is 0.224 e. The van der Waals surface area contributed by atoms with Gasteiger partial charge in [-0.3, -0.25) is 4.79 Å². The van der Waals surface area contributed by atoms with E-state index in [0.29, 0.717) is 13.0 Å². The van der Waals surface area contributed by atoms with E-state index >= 15 is 0 Å². The van der Waals surface area contributed by atoms with Gasteiger partial charge in [-0.2, -0.15) is 0 Å². The number of nitrogens with one attached hydrogen (secondary N) is 1. The van der Waals surface area contributed by atoms with Gasteiger partial charge in [-0.15, -0.1) is 0 Å². The predicted octanol–water partition coefficient (Wildman–Crippen LogP) is 2.73. The molecule has 3 nitrogen and oxygen atoms in total. The molecule has 1 unspecified atom stereocenters. The van der Waals surface area contributed by atoms with Crippen molar-refractivity contribution in [2.24, 2.45) is 11.1 Å². The number of carbonyl (C=O) groups excluding carboxylic acids is 1. The molecule has 20 heavy (non-hydrogen) atoms. The van der Waals surface area contributed by atoms with Gasteiger partial charge in [0.25, 0.3) is 0 Å². The molecule has 0 fully saturated rings. The Morgan fingerprint density at radius 3 is 2.55 bits per heavy atom. The van der Waals surface area contributed by atoms with Crippen molar-refractivity contribution in [2.45, 2.75) is 53.5 Å². The van der Waals surface area contributed by atoms with Crippen LogP contribution < -0.4 is 11.1 Å². The molecule has 0 saturated carbocycles. The standard InChI is InChI=1S/C17H28N2O/c1-12-6-7-13(2)14(8-12)9-16(20)19-11-15(18)10-17(3,4)5/h6-8,15H,9-11,18H2,1-5H3,(H,19,20). The van der Waals surface area contributed by atoms with Crippen molar-refractivity contribution in [3.8, 4) is 0 Å². The molecule has 0 aromatic heterocycles. The second-order valence-corrected chi connectivity index (χ2v) is 6.94. The number of nitrogens with two attached hydrogens (primary N) is 1. The van der Waals surface area contributed by atoms with E-state index in [1.807, 2.05) is 13.8 Å². The van der Waals surface area contributed by atoms with Gasteiger partial charge in [-0.1, -0.05) is 44.5 Å². The largest absolute Gasteiger partial charge is 0.354 e. The van der Waals surface area contributed by atoms with Crippen LogP contribution in [0.15, 0.2) is 18.2 Å². The number of hydrogen-bond donors (Lipinski definition) is 2. The summed E-state index contributed by atoms with van der Waals surface area (Å²) >= 11 is 0. The van der Waals surface area contributed by atoms with Crippen molar-refractivity contribution >= 4 is 5.91 Å². The number of benzene rings is 1. The van der Waals surface area contributed by atoms with Gasteiger partial charge in [0.1, 0.15) is 0 Å². The van der Waals surface area contributed by atoms with E-state index in [-0.39, 0.29) is 17.4 Å². The summed E-state index contributed by atoms with van der Waals surface area (Å²) in [6.45, 7) is 11.1. The Labute approximate surface area is 122 Å². The van der Waals surface area contributed by atoms with Crippen molar-refractivity contribution in [1.82, 2.24) is 5.32 Å². The highest BCUT2D eigenvalue weighted by Crippen LogP contribution is 2.19. The summed E-state index contributed by atoms with van der Waals surface area (Å²) in [6, 6.07) is 6.21. The number of amides is 1. The predicted molar refractivity (Wildman–Crippen MR) is 84.7 cm³/mol. The summed E-state index contributed by atoms with van der Waals surface area (Å²) in [7, 11) is 0. The van der Waals surface area contributed by atoms with Crippen molar-refractivity contribution in [3.05, 3.63) is 34.9 Å². The molecule has 3 heteroatoms. The average Bonchev–Trinajstić information content (AvgIpc) is 2.29. The molecule has 1 aromatic carbocycles. The molecule has 1 atom stereocenters. The Kier molecular flexibility index (Phi) is 5.75. The van der Waals surface area contributed by atoms with Crippen LogP contribution in [0.3, 0.4) is 0 Å². The third-order valence-corrected chi connectivity index (χ3v) is 3.29. The van der Waals surface area contributed by atoms with E-state index in [4.69, 9.17) is 5.73 Å². The van der Waals surface area contributed by atoms with Gasteiger partial charge in [0.05, 0.1) is 6.42 Å². The fraction of sp³-hybridized carbons (Fsp3) is 0.588. The van der Waals surface area contributed by atoms with Crippen LogP contribution in [0, 0.1) is 19.3 Å². The van der Waals surface area contributed by atoms with E-state index in [0.717, 1.165) is 17.5 Å². The summed E-state index contributed by atoms with van der Waals surface area (Å²) in [6.07, 6.45) is 1.33. The number of hydrogen-bond acceptors (Lipinski definition) is 2. The first-order valence-electron chi connectivity index (χ1n) is 7.26. The molecule has 0 bridgehead atoms. The molecular weight excluding hydrogens is 248 g/mol. The molecule has 0 aliphatic heterocycles. The van der Waals surface area contributed by atoms with Crippen molar-refractivity contribution < 1.29 is 4.79 Å². The van der Waals surface area contributed by atoms with Gasteiger partial charge >= 0.3 is 0 Å². The van der Waals surface area contributed by atoms with Crippen LogP contribution in [-0.4, -0.2) is 18.5 Å².